The number of rotatable bonds is 6. The molecule has 0 saturated carbocycles. The van der Waals surface area contributed by atoms with E-state index in [0.29, 0.717) is 29.6 Å². The van der Waals surface area contributed by atoms with Crippen LogP contribution in [0.5, 0.6) is 0 Å². The van der Waals surface area contributed by atoms with Gasteiger partial charge in [-0.3, -0.25) is 4.79 Å². The lowest BCUT2D eigenvalue weighted by Gasteiger charge is -2.11. The first-order chi connectivity index (χ1) is 12.1. The minimum absolute atomic E-state index is 0.0578. The minimum atomic E-state index is -0.108. The standard InChI is InChI=1S/C19H18ClN3O2/c1-13(21-17(24)12-14-7-9-16(20)10-8-14)11-18-22-19(23-25-18)15-5-3-2-4-6-15/h2-10,13H,11-12H2,1H3,(H,21,24). The lowest BCUT2D eigenvalue weighted by Crippen LogP contribution is -2.35. The maximum atomic E-state index is 12.1. The summed E-state index contributed by atoms with van der Waals surface area (Å²) in [7, 11) is 0. The number of nitrogens with zero attached hydrogens (tertiary/aromatic N) is 2. The number of benzene rings is 2. The first-order valence-corrected chi connectivity index (χ1v) is 8.40. The zero-order valence-corrected chi connectivity index (χ0v) is 14.5. The third kappa shape index (κ3) is 4.90. The van der Waals surface area contributed by atoms with Crippen LogP contribution in [0.3, 0.4) is 0 Å². The fourth-order valence-corrected chi connectivity index (χ4v) is 2.59. The number of amides is 1. The summed E-state index contributed by atoms with van der Waals surface area (Å²) >= 11 is 5.85. The molecule has 0 saturated heterocycles. The molecule has 1 amide bonds. The largest absolute Gasteiger partial charge is 0.353 e. The van der Waals surface area contributed by atoms with Crippen molar-refractivity contribution in [2.24, 2.45) is 0 Å². The summed E-state index contributed by atoms with van der Waals surface area (Å²) in [5.74, 6) is 0.992. The molecule has 3 rings (SSSR count). The summed E-state index contributed by atoms with van der Waals surface area (Å²) in [6, 6.07) is 16.8. The minimum Gasteiger partial charge on any atom is -0.353 e. The lowest BCUT2D eigenvalue weighted by molar-refractivity contribution is -0.121. The molecule has 0 aliphatic rings. The Kier molecular flexibility index (Phi) is 5.46. The Hall–Kier alpha value is -2.66. The first kappa shape index (κ1) is 17.2. The van der Waals surface area contributed by atoms with E-state index < -0.39 is 0 Å². The molecule has 1 unspecified atom stereocenters. The molecule has 1 aromatic heterocycles. The van der Waals surface area contributed by atoms with Gasteiger partial charge >= 0.3 is 0 Å². The van der Waals surface area contributed by atoms with E-state index in [1.807, 2.05) is 49.4 Å². The quantitative estimate of drug-likeness (QED) is 0.732. The van der Waals surface area contributed by atoms with E-state index in [9.17, 15) is 4.79 Å². The van der Waals surface area contributed by atoms with Crippen LogP contribution in [0.1, 0.15) is 18.4 Å². The van der Waals surface area contributed by atoms with Gasteiger partial charge in [-0.2, -0.15) is 4.98 Å². The van der Waals surface area contributed by atoms with Crippen molar-refractivity contribution in [2.75, 3.05) is 0 Å². The van der Waals surface area contributed by atoms with Gasteiger partial charge in [-0.25, -0.2) is 0 Å². The van der Waals surface area contributed by atoms with Gasteiger partial charge in [0.15, 0.2) is 0 Å². The molecule has 3 aromatic rings. The zero-order chi connectivity index (χ0) is 17.6. The molecule has 2 aromatic carbocycles. The molecule has 1 heterocycles. The number of halogens is 1. The average molecular weight is 356 g/mol. The van der Waals surface area contributed by atoms with Crippen LogP contribution in [0.25, 0.3) is 11.4 Å². The molecule has 0 fully saturated rings. The van der Waals surface area contributed by atoms with Crippen molar-refractivity contribution >= 4 is 17.5 Å². The highest BCUT2D eigenvalue weighted by atomic mass is 35.5. The van der Waals surface area contributed by atoms with E-state index in [0.717, 1.165) is 11.1 Å². The van der Waals surface area contributed by atoms with Gasteiger partial charge in [0.2, 0.25) is 17.6 Å². The third-order valence-corrected chi connectivity index (χ3v) is 3.92. The van der Waals surface area contributed by atoms with Crippen molar-refractivity contribution in [1.29, 1.82) is 0 Å². The van der Waals surface area contributed by atoms with Crippen LogP contribution in [0.15, 0.2) is 59.1 Å². The van der Waals surface area contributed by atoms with Gasteiger partial charge in [-0.15, -0.1) is 0 Å². The number of nitrogens with one attached hydrogen (secondary N) is 1. The smallest absolute Gasteiger partial charge is 0.229 e. The topological polar surface area (TPSA) is 68.0 Å². The summed E-state index contributed by atoms with van der Waals surface area (Å²) in [4.78, 5) is 16.5. The fourth-order valence-electron chi connectivity index (χ4n) is 2.47. The van der Waals surface area contributed by atoms with Gasteiger partial charge in [0.1, 0.15) is 0 Å². The van der Waals surface area contributed by atoms with Crippen LogP contribution >= 0.6 is 11.6 Å². The Morgan fingerprint density at radius 2 is 1.88 bits per heavy atom. The lowest BCUT2D eigenvalue weighted by atomic mass is 10.1. The monoisotopic (exact) mass is 355 g/mol. The fraction of sp³-hybridized carbons (Fsp3) is 0.211. The molecule has 1 N–H and O–H groups in total. The Morgan fingerprint density at radius 3 is 2.60 bits per heavy atom. The molecule has 5 nitrogen and oxygen atoms in total. The van der Waals surface area contributed by atoms with Crippen molar-refractivity contribution < 1.29 is 9.32 Å². The molecular weight excluding hydrogens is 338 g/mol. The summed E-state index contributed by atoms with van der Waals surface area (Å²) in [5, 5.41) is 7.58. The van der Waals surface area contributed by atoms with E-state index >= 15 is 0 Å². The highest BCUT2D eigenvalue weighted by molar-refractivity contribution is 6.30. The molecule has 128 valence electrons. The number of carbonyl (C=O) groups excluding carboxylic acids is 1. The number of aromatic nitrogens is 2. The Bertz CT molecular complexity index is 831. The van der Waals surface area contributed by atoms with Crippen LogP contribution in [-0.4, -0.2) is 22.1 Å². The second-order valence-corrected chi connectivity index (χ2v) is 6.29. The third-order valence-electron chi connectivity index (χ3n) is 3.67. The summed E-state index contributed by atoms with van der Waals surface area (Å²) in [6.07, 6.45) is 0.785. The second-order valence-electron chi connectivity index (χ2n) is 5.85. The summed E-state index contributed by atoms with van der Waals surface area (Å²) in [6.45, 7) is 1.91. The predicted molar refractivity (Wildman–Crippen MR) is 96.2 cm³/mol. The Morgan fingerprint density at radius 1 is 1.16 bits per heavy atom. The van der Waals surface area contributed by atoms with Crippen LogP contribution in [0, 0.1) is 0 Å². The van der Waals surface area contributed by atoms with Gasteiger partial charge in [0.25, 0.3) is 0 Å². The number of carbonyl (C=O) groups is 1. The normalized spacial score (nSPS) is 11.9. The van der Waals surface area contributed by atoms with Crippen LogP contribution < -0.4 is 5.32 Å². The van der Waals surface area contributed by atoms with Crippen molar-refractivity contribution in [2.45, 2.75) is 25.8 Å². The Balaban J connectivity index is 1.54. The highest BCUT2D eigenvalue weighted by Gasteiger charge is 2.14. The van der Waals surface area contributed by atoms with Crippen LogP contribution in [0.4, 0.5) is 0 Å². The van der Waals surface area contributed by atoms with E-state index in [-0.39, 0.29) is 11.9 Å². The SMILES string of the molecule is CC(Cc1nc(-c2ccccc2)no1)NC(=O)Cc1ccc(Cl)cc1. The second kappa shape index (κ2) is 7.94. The van der Waals surface area contributed by atoms with Gasteiger partial charge in [0, 0.05) is 23.0 Å². The van der Waals surface area contributed by atoms with Gasteiger partial charge < -0.3 is 9.84 Å². The van der Waals surface area contributed by atoms with Crippen molar-refractivity contribution in [3.63, 3.8) is 0 Å². The molecule has 25 heavy (non-hydrogen) atoms. The molecular formula is C19H18ClN3O2. The highest BCUT2D eigenvalue weighted by Crippen LogP contribution is 2.15. The van der Waals surface area contributed by atoms with Crippen molar-refractivity contribution in [3.8, 4) is 11.4 Å². The van der Waals surface area contributed by atoms with E-state index in [4.69, 9.17) is 16.1 Å². The van der Waals surface area contributed by atoms with Gasteiger partial charge in [-0.1, -0.05) is 59.2 Å². The Labute approximate surface area is 151 Å². The predicted octanol–water partition coefficient (Wildman–Crippen LogP) is 3.68. The number of hydrogen-bond donors (Lipinski definition) is 1. The van der Waals surface area contributed by atoms with Crippen LogP contribution in [-0.2, 0) is 17.6 Å². The van der Waals surface area contributed by atoms with Crippen molar-refractivity contribution in [3.05, 3.63) is 71.1 Å². The molecule has 0 aliphatic heterocycles. The molecule has 6 heteroatoms. The van der Waals surface area contributed by atoms with Gasteiger partial charge in [-0.05, 0) is 24.6 Å². The van der Waals surface area contributed by atoms with Crippen molar-refractivity contribution in [1.82, 2.24) is 15.5 Å². The maximum absolute atomic E-state index is 12.1. The van der Waals surface area contributed by atoms with E-state index in [2.05, 4.69) is 15.5 Å². The van der Waals surface area contributed by atoms with Gasteiger partial charge in [0.05, 0.1) is 6.42 Å². The van der Waals surface area contributed by atoms with E-state index in [1.54, 1.807) is 12.1 Å². The molecule has 0 bridgehead atoms. The first-order valence-electron chi connectivity index (χ1n) is 8.02. The summed E-state index contributed by atoms with van der Waals surface area (Å²) < 4.78 is 5.28. The molecule has 1 atom stereocenters. The summed E-state index contributed by atoms with van der Waals surface area (Å²) in [5.41, 5.74) is 1.81. The van der Waals surface area contributed by atoms with E-state index in [1.165, 1.54) is 0 Å². The molecule has 0 spiro atoms. The maximum Gasteiger partial charge on any atom is 0.229 e. The zero-order valence-electron chi connectivity index (χ0n) is 13.8. The molecule has 0 radical (unpaired) electrons. The molecule has 0 aliphatic carbocycles. The number of hydrogen-bond acceptors (Lipinski definition) is 4. The van der Waals surface area contributed by atoms with Crippen LogP contribution in [0.2, 0.25) is 5.02 Å². The average Bonchev–Trinajstić information content (AvgIpc) is 3.06.